The van der Waals surface area contributed by atoms with Gasteiger partial charge in [-0.25, -0.2) is 14.4 Å². The molecule has 0 saturated carbocycles. The number of hydrogen-bond donors (Lipinski definition) is 1. The molecule has 0 bridgehead atoms. The quantitative estimate of drug-likeness (QED) is 0.562. The summed E-state index contributed by atoms with van der Waals surface area (Å²) in [6.07, 6.45) is 6.25. The molecular weight excluding hydrogens is 323 g/mol. The average Bonchev–Trinajstić information content (AvgIpc) is 2.99. The summed E-state index contributed by atoms with van der Waals surface area (Å²) in [5, 5.41) is 5.54. The topological polar surface area (TPSA) is 50.2 Å². The monoisotopic (exact) mass is 340 g/mol. The highest BCUT2D eigenvalue weighted by Gasteiger charge is 2.19. The lowest BCUT2D eigenvalue weighted by atomic mass is 9.97. The second kappa shape index (κ2) is 6.28. The maximum absolute atomic E-state index is 13.0. The molecule has 1 aliphatic carbocycles. The van der Waals surface area contributed by atoms with Gasteiger partial charge in [0.25, 0.3) is 0 Å². The zero-order valence-electron chi connectivity index (χ0n) is 13.3. The molecule has 1 aromatic carbocycles. The highest BCUT2D eigenvalue weighted by Crippen LogP contribution is 2.38. The molecule has 6 heteroatoms. The van der Waals surface area contributed by atoms with Crippen LogP contribution in [0.3, 0.4) is 0 Å². The van der Waals surface area contributed by atoms with E-state index in [0.717, 1.165) is 40.2 Å². The van der Waals surface area contributed by atoms with E-state index in [2.05, 4.69) is 20.5 Å². The molecule has 0 amide bonds. The van der Waals surface area contributed by atoms with E-state index >= 15 is 0 Å². The van der Waals surface area contributed by atoms with E-state index in [9.17, 15) is 4.39 Å². The lowest BCUT2D eigenvalue weighted by Crippen LogP contribution is -2.03. The summed E-state index contributed by atoms with van der Waals surface area (Å²) in [6.45, 7) is 1.89. The van der Waals surface area contributed by atoms with Gasteiger partial charge in [-0.15, -0.1) is 11.3 Å². The highest BCUT2D eigenvalue weighted by molar-refractivity contribution is 7.19. The van der Waals surface area contributed by atoms with Crippen LogP contribution in [0.25, 0.3) is 10.2 Å². The van der Waals surface area contributed by atoms with Crippen molar-refractivity contribution < 1.29 is 4.39 Å². The average molecular weight is 340 g/mol. The Morgan fingerprint density at radius 1 is 1.17 bits per heavy atom. The van der Waals surface area contributed by atoms with Crippen LogP contribution in [0.5, 0.6) is 0 Å². The van der Waals surface area contributed by atoms with Gasteiger partial charge in [-0.2, -0.15) is 5.10 Å². The molecule has 1 N–H and O–H groups in total. The second-order valence-electron chi connectivity index (χ2n) is 5.93. The van der Waals surface area contributed by atoms with Crippen LogP contribution < -0.4 is 5.43 Å². The Balaban J connectivity index is 1.68. The third-order valence-electron chi connectivity index (χ3n) is 4.34. The number of fused-ring (bicyclic) bond motifs is 3. The highest BCUT2D eigenvalue weighted by atomic mass is 32.1. The first-order valence-corrected chi connectivity index (χ1v) is 8.85. The fourth-order valence-corrected chi connectivity index (χ4v) is 4.30. The number of thiophene rings is 1. The Hall–Kier alpha value is -2.34. The summed E-state index contributed by atoms with van der Waals surface area (Å²) in [4.78, 5) is 11.3. The van der Waals surface area contributed by atoms with Crippen molar-refractivity contribution >= 4 is 33.1 Å². The number of halogens is 1. The molecule has 0 saturated heterocycles. The smallest absolute Gasteiger partial charge is 0.158 e. The fourth-order valence-electron chi connectivity index (χ4n) is 3.07. The third-order valence-corrected chi connectivity index (χ3v) is 5.54. The Labute approximate surface area is 143 Å². The van der Waals surface area contributed by atoms with Gasteiger partial charge in [0.05, 0.1) is 11.1 Å². The molecule has 0 atom stereocenters. The maximum Gasteiger partial charge on any atom is 0.158 e. The van der Waals surface area contributed by atoms with E-state index < -0.39 is 0 Å². The number of nitrogens with one attached hydrogen (secondary N) is 1. The van der Waals surface area contributed by atoms with Gasteiger partial charge in [0, 0.05) is 4.88 Å². The van der Waals surface area contributed by atoms with Crippen molar-refractivity contribution in [1.82, 2.24) is 9.97 Å². The minimum Gasteiger partial charge on any atom is -0.260 e. The van der Waals surface area contributed by atoms with E-state index in [1.807, 2.05) is 6.92 Å². The third kappa shape index (κ3) is 2.78. The first-order valence-electron chi connectivity index (χ1n) is 8.04. The van der Waals surface area contributed by atoms with Crippen LogP contribution in [0.15, 0.2) is 35.7 Å². The second-order valence-corrected chi connectivity index (χ2v) is 7.01. The van der Waals surface area contributed by atoms with Gasteiger partial charge in [-0.05, 0) is 55.9 Å². The van der Waals surface area contributed by atoms with Gasteiger partial charge in [0.1, 0.15) is 17.0 Å². The van der Waals surface area contributed by atoms with Gasteiger partial charge < -0.3 is 0 Å². The van der Waals surface area contributed by atoms with Gasteiger partial charge >= 0.3 is 0 Å². The molecule has 24 heavy (non-hydrogen) atoms. The van der Waals surface area contributed by atoms with Crippen LogP contribution in [-0.2, 0) is 12.8 Å². The van der Waals surface area contributed by atoms with Gasteiger partial charge in [-0.1, -0.05) is 12.1 Å². The largest absolute Gasteiger partial charge is 0.260 e. The molecule has 0 spiro atoms. The fraction of sp³-hybridized carbons (Fsp3) is 0.278. The summed E-state index contributed by atoms with van der Waals surface area (Å²) < 4.78 is 13.0. The predicted molar refractivity (Wildman–Crippen MR) is 96.3 cm³/mol. The predicted octanol–water partition coefficient (Wildman–Crippen LogP) is 4.55. The van der Waals surface area contributed by atoms with Crippen LogP contribution in [0, 0.1) is 5.82 Å². The van der Waals surface area contributed by atoms with Crippen molar-refractivity contribution in [1.29, 1.82) is 0 Å². The van der Waals surface area contributed by atoms with E-state index in [4.69, 9.17) is 0 Å². The summed E-state index contributed by atoms with van der Waals surface area (Å²) in [5.41, 5.74) is 6.12. The lowest BCUT2D eigenvalue weighted by molar-refractivity contribution is 0.628. The molecule has 2 aromatic heterocycles. The number of rotatable bonds is 3. The van der Waals surface area contributed by atoms with Crippen molar-refractivity contribution in [2.75, 3.05) is 5.43 Å². The molecule has 0 radical (unpaired) electrons. The molecule has 0 aliphatic heterocycles. The molecule has 1 aliphatic rings. The molecule has 0 fully saturated rings. The number of nitrogens with zero attached hydrogens (tertiary/aromatic N) is 3. The van der Waals surface area contributed by atoms with Crippen molar-refractivity contribution in [3.05, 3.63) is 52.4 Å². The Morgan fingerprint density at radius 2 is 1.96 bits per heavy atom. The van der Waals surface area contributed by atoms with Gasteiger partial charge in [0.2, 0.25) is 0 Å². The molecular formula is C18H17FN4S. The number of benzene rings is 1. The lowest BCUT2D eigenvalue weighted by Gasteiger charge is -2.11. The number of aryl methyl sites for hydroxylation is 2. The molecule has 3 aromatic rings. The Bertz CT molecular complexity index is 915. The molecule has 4 nitrogen and oxygen atoms in total. The van der Waals surface area contributed by atoms with Crippen LogP contribution >= 0.6 is 11.3 Å². The van der Waals surface area contributed by atoms with Crippen molar-refractivity contribution in [2.45, 2.75) is 32.6 Å². The Kier molecular flexibility index (Phi) is 3.98. The van der Waals surface area contributed by atoms with Crippen molar-refractivity contribution in [3.63, 3.8) is 0 Å². The van der Waals surface area contributed by atoms with E-state index in [-0.39, 0.29) is 5.82 Å². The van der Waals surface area contributed by atoms with E-state index in [1.54, 1.807) is 29.8 Å². The van der Waals surface area contributed by atoms with Crippen molar-refractivity contribution in [2.24, 2.45) is 5.10 Å². The normalized spacial score (nSPS) is 14.7. The molecule has 122 valence electrons. The number of hydrogen-bond acceptors (Lipinski definition) is 5. The molecule has 0 unspecified atom stereocenters. The minimum atomic E-state index is -0.248. The minimum absolute atomic E-state index is 0.248. The molecule has 4 rings (SSSR count). The first kappa shape index (κ1) is 15.2. The summed E-state index contributed by atoms with van der Waals surface area (Å²) in [6, 6.07) is 6.31. The molecule has 2 heterocycles. The number of aromatic nitrogens is 2. The summed E-state index contributed by atoms with van der Waals surface area (Å²) in [5.74, 6) is 0.503. The number of anilines is 1. The zero-order chi connectivity index (χ0) is 16.5. The van der Waals surface area contributed by atoms with E-state index in [1.165, 1.54) is 35.4 Å². The summed E-state index contributed by atoms with van der Waals surface area (Å²) in [7, 11) is 0. The Morgan fingerprint density at radius 3 is 2.79 bits per heavy atom. The number of hydrazone groups is 1. The SMILES string of the molecule is C/C(=N/Nc1ncnc2sc3c(c12)CCCC3)c1ccc(F)cc1. The standard InChI is InChI=1S/C18H17FN4S/c1-11(12-6-8-13(19)9-7-12)22-23-17-16-14-4-2-3-5-15(14)24-18(16)21-10-20-17/h6-10H,2-5H2,1H3,(H,20,21,23)/b22-11-. The van der Waals surface area contributed by atoms with Crippen molar-refractivity contribution in [3.8, 4) is 0 Å². The van der Waals surface area contributed by atoms with Crippen LogP contribution in [0.1, 0.15) is 35.8 Å². The van der Waals surface area contributed by atoms with Gasteiger partial charge in [-0.3, -0.25) is 5.43 Å². The van der Waals surface area contributed by atoms with Gasteiger partial charge in [0.15, 0.2) is 5.82 Å². The van der Waals surface area contributed by atoms with Crippen LogP contribution in [0.2, 0.25) is 0 Å². The van der Waals surface area contributed by atoms with Crippen LogP contribution in [-0.4, -0.2) is 15.7 Å². The zero-order valence-corrected chi connectivity index (χ0v) is 14.2. The van der Waals surface area contributed by atoms with Crippen LogP contribution in [0.4, 0.5) is 10.2 Å². The summed E-state index contributed by atoms with van der Waals surface area (Å²) >= 11 is 1.76. The first-order chi connectivity index (χ1) is 11.7. The van der Waals surface area contributed by atoms with E-state index in [0.29, 0.717) is 0 Å². The maximum atomic E-state index is 13.0.